The summed E-state index contributed by atoms with van der Waals surface area (Å²) in [5, 5.41) is 21.8. The van der Waals surface area contributed by atoms with Crippen LogP contribution in [0.2, 0.25) is 5.02 Å². The molecular formula is C24H24ClN5O4S. The van der Waals surface area contributed by atoms with E-state index >= 15 is 0 Å². The first kappa shape index (κ1) is 23.8. The molecule has 4 atom stereocenters. The molecule has 3 heterocycles. The van der Waals surface area contributed by atoms with Crippen molar-refractivity contribution in [3.8, 4) is 16.9 Å². The van der Waals surface area contributed by atoms with Crippen LogP contribution >= 0.6 is 23.4 Å². The number of hydrogen-bond donors (Lipinski definition) is 3. The smallest absolute Gasteiger partial charge is 0.167 e. The van der Waals surface area contributed by atoms with Crippen LogP contribution in [0.15, 0.2) is 61.2 Å². The van der Waals surface area contributed by atoms with E-state index in [1.165, 1.54) is 12.7 Å². The fourth-order valence-corrected chi connectivity index (χ4v) is 4.96. The molecule has 4 aromatic rings. The van der Waals surface area contributed by atoms with Crippen molar-refractivity contribution in [1.29, 1.82) is 0 Å². The molecule has 2 aromatic carbocycles. The molecule has 0 spiro atoms. The second-order valence-electron chi connectivity index (χ2n) is 8.08. The summed E-state index contributed by atoms with van der Waals surface area (Å²) in [4.78, 5) is 12.3. The van der Waals surface area contributed by atoms with Gasteiger partial charge in [-0.05, 0) is 35.4 Å². The zero-order valence-electron chi connectivity index (χ0n) is 18.6. The minimum absolute atomic E-state index is 0.244. The summed E-state index contributed by atoms with van der Waals surface area (Å²) in [6.07, 6.45) is -0.708. The summed E-state index contributed by atoms with van der Waals surface area (Å²) >= 11 is 7.53. The lowest BCUT2D eigenvalue weighted by Crippen LogP contribution is -2.32. The third kappa shape index (κ3) is 5.07. The van der Waals surface area contributed by atoms with Crippen LogP contribution in [0, 0.1) is 0 Å². The predicted molar refractivity (Wildman–Crippen MR) is 135 cm³/mol. The average molecular weight is 514 g/mol. The Kier molecular flexibility index (Phi) is 7.07. The molecule has 11 heteroatoms. The molecule has 0 amide bonds. The Morgan fingerprint density at radius 2 is 1.71 bits per heavy atom. The number of nitrogens with zero attached hydrogens (tertiary/aromatic N) is 4. The molecule has 1 fully saturated rings. The Morgan fingerprint density at radius 3 is 2.46 bits per heavy atom. The second-order valence-corrected chi connectivity index (χ2v) is 9.67. The maximum atomic E-state index is 10.6. The van der Waals surface area contributed by atoms with E-state index in [1.54, 1.807) is 16.3 Å². The monoisotopic (exact) mass is 513 g/mol. The number of halogens is 1. The second kappa shape index (κ2) is 10.4. The number of imidazole rings is 1. The Morgan fingerprint density at radius 1 is 1.00 bits per heavy atom. The van der Waals surface area contributed by atoms with E-state index < -0.39 is 24.5 Å². The third-order valence-corrected chi connectivity index (χ3v) is 7.08. The number of benzene rings is 2. The lowest BCUT2D eigenvalue weighted by Gasteiger charge is -2.16. The molecule has 0 bridgehead atoms. The van der Waals surface area contributed by atoms with Crippen molar-refractivity contribution in [3.63, 3.8) is 0 Å². The van der Waals surface area contributed by atoms with Crippen LogP contribution in [0.25, 0.3) is 22.3 Å². The molecule has 1 aliphatic heterocycles. The van der Waals surface area contributed by atoms with Gasteiger partial charge >= 0.3 is 0 Å². The van der Waals surface area contributed by atoms with Gasteiger partial charge in [0.1, 0.15) is 29.8 Å². The quantitative estimate of drug-likeness (QED) is 0.304. The van der Waals surface area contributed by atoms with E-state index in [9.17, 15) is 10.2 Å². The number of nitrogen functional groups attached to an aromatic ring is 1. The van der Waals surface area contributed by atoms with Crippen LogP contribution in [0.3, 0.4) is 0 Å². The molecule has 0 radical (unpaired) electrons. The van der Waals surface area contributed by atoms with Crippen molar-refractivity contribution in [2.24, 2.45) is 0 Å². The normalized spacial score (nSPS) is 22.0. The Labute approximate surface area is 210 Å². The number of anilines is 1. The van der Waals surface area contributed by atoms with Crippen molar-refractivity contribution in [2.75, 3.05) is 23.8 Å². The molecule has 4 N–H and O–H groups in total. The van der Waals surface area contributed by atoms with Gasteiger partial charge in [0.15, 0.2) is 17.7 Å². The fraction of sp³-hybridized carbons (Fsp3) is 0.292. The highest BCUT2D eigenvalue weighted by atomic mass is 35.5. The predicted octanol–water partition coefficient (Wildman–Crippen LogP) is 3.16. The molecule has 0 aliphatic carbocycles. The molecule has 5 rings (SSSR count). The summed E-state index contributed by atoms with van der Waals surface area (Å²) in [6, 6.07) is 15.6. The number of ether oxygens (including phenoxy) is 2. The molecule has 0 saturated carbocycles. The van der Waals surface area contributed by atoms with Gasteiger partial charge in [-0.25, -0.2) is 15.0 Å². The standard InChI is InChI=1S/C24H24ClN5O4S/c25-16-5-1-14(2-6-16)15-3-7-17(8-4-15)33-9-10-35-11-18-20(31)21(32)24(34-18)30-13-29-19-22(26)27-12-28-23(19)30/h1-8,12-13,18,20-21,24,31-32H,9-11H2,(H2,26,27,28)/t18-,20-,21-,24-/m1/s1. The summed E-state index contributed by atoms with van der Waals surface area (Å²) in [5.74, 6) is 2.22. The van der Waals surface area contributed by atoms with Crippen molar-refractivity contribution >= 4 is 40.3 Å². The van der Waals surface area contributed by atoms with Crippen molar-refractivity contribution in [1.82, 2.24) is 19.5 Å². The first-order chi connectivity index (χ1) is 17.0. The third-order valence-electron chi connectivity index (χ3n) is 5.81. The summed E-state index contributed by atoms with van der Waals surface area (Å²) in [7, 11) is 0. The number of aliphatic hydroxyl groups excluding tert-OH is 2. The number of fused-ring (bicyclic) bond motifs is 1. The number of rotatable bonds is 8. The maximum absolute atomic E-state index is 10.6. The van der Waals surface area contributed by atoms with Gasteiger partial charge < -0.3 is 25.4 Å². The van der Waals surface area contributed by atoms with Crippen LogP contribution in [-0.4, -0.2) is 66.2 Å². The minimum atomic E-state index is -1.12. The molecule has 1 saturated heterocycles. The average Bonchev–Trinajstić information content (AvgIpc) is 3.42. The summed E-state index contributed by atoms with van der Waals surface area (Å²) in [5.41, 5.74) is 8.88. The van der Waals surface area contributed by atoms with Gasteiger partial charge in [0, 0.05) is 16.5 Å². The topological polar surface area (TPSA) is 129 Å². The number of aromatic nitrogens is 4. The number of hydrogen-bond acceptors (Lipinski definition) is 9. The van der Waals surface area contributed by atoms with Gasteiger partial charge in [0.2, 0.25) is 0 Å². The lowest BCUT2D eigenvalue weighted by molar-refractivity contribution is -0.0289. The lowest BCUT2D eigenvalue weighted by atomic mass is 10.1. The highest BCUT2D eigenvalue weighted by Crippen LogP contribution is 2.33. The van der Waals surface area contributed by atoms with Crippen LogP contribution in [0.4, 0.5) is 5.82 Å². The molecule has 0 unspecified atom stereocenters. The Balaban J connectivity index is 1.10. The first-order valence-corrected chi connectivity index (χ1v) is 12.6. The van der Waals surface area contributed by atoms with E-state index in [1.807, 2.05) is 48.5 Å². The highest BCUT2D eigenvalue weighted by Gasteiger charge is 2.44. The van der Waals surface area contributed by atoms with Crippen molar-refractivity contribution in [2.45, 2.75) is 24.5 Å². The molecule has 2 aromatic heterocycles. The van der Waals surface area contributed by atoms with E-state index in [4.69, 9.17) is 26.8 Å². The van der Waals surface area contributed by atoms with E-state index in [0.29, 0.717) is 34.3 Å². The Bertz CT molecular complexity index is 1290. The Hall–Kier alpha value is -2.89. The van der Waals surface area contributed by atoms with Gasteiger partial charge in [0.25, 0.3) is 0 Å². The van der Waals surface area contributed by atoms with Gasteiger partial charge in [-0.15, -0.1) is 0 Å². The molecular weight excluding hydrogens is 490 g/mol. The van der Waals surface area contributed by atoms with Gasteiger partial charge in [0.05, 0.1) is 19.0 Å². The molecule has 35 heavy (non-hydrogen) atoms. The van der Waals surface area contributed by atoms with Crippen LogP contribution < -0.4 is 10.5 Å². The zero-order chi connectivity index (χ0) is 24.4. The zero-order valence-corrected chi connectivity index (χ0v) is 20.1. The maximum Gasteiger partial charge on any atom is 0.167 e. The van der Waals surface area contributed by atoms with Crippen LogP contribution in [0.5, 0.6) is 5.75 Å². The fourth-order valence-electron chi connectivity index (χ4n) is 3.96. The SMILES string of the molecule is Nc1ncnc2c1ncn2[C@@H]1O[C@H](CSCCOc2ccc(-c3ccc(Cl)cc3)cc2)[C@@H](O)[C@H]1O. The van der Waals surface area contributed by atoms with Gasteiger partial charge in [-0.3, -0.25) is 4.57 Å². The van der Waals surface area contributed by atoms with E-state index in [2.05, 4.69) is 15.0 Å². The minimum Gasteiger partial charge on any atom is -0.493 e. The number of nitrogens with two attached hydrogens (primary N) is 1. The summed E-state index contributed by atoms with van der Waals surface area (Å²) in [6.45, 7) is 0.502. The highest BCUT2D eigenvalue weighted by molar-refractivity contribution is 7.99. The van der Waals surface area contributed by atoms with Crippen LogP contribution in [-0.2, 0) is 4.74 Å². The molecule has 9 nitrogen and oxygen atoms in total. The van der Waals surface area contributed by atoms with E-state index in [-0.39, 0.29) is 5.82 Å². The van der Waals surface area contributed by atoms with Crippen LogP contribution in [0.1, 0.15) is 6.23 Å². The summed E-state index contributed by atoms with van der Waals surface area (Å²) < 4.78 is 13.4. The largest absolute Gasteiger partial charge is 0.493 e. The van der Waals surface area contributed by atoms with Gasteiger partial charge in [-0.2, -0.15) is 11.8 Å². The molecule has 1 aliphatic rings. The molecule has 182 valence electrons. The first-order valence-electron chi connectivity index (χ1n) is 11.0. The van der Waals surface area contributed by atoms with Gasteiger partial charge in [-0.1, -0.05) is 35.9 Å². The van der Waals surface area contributed by atoms with E-state index in [0.717, 1.165) is 16.9 Å². The number of thioether (sulfide) groups is 1. The van der Waals surface area contributed by atoms with Crippen molar-refractivity contribution in [3.05, 3.63) is 66.2 Å². The van der Waals surface area contributed by atoms with Crippen molar-refractivity contribution < 1.29 is 19.7 Å². The number of aliphatic hydroxyl groups is 2.